The van der Waals surface area contributed by atoms with Crippen molar-refractivity contribution in [3.8, 4) is 5.75 Å². The van der Waals surface area contributed by atoms with Crippen molar-refractivity contribution in [2.24, 2.45) is 0 Å². The molecule has 0 atom stereocenters. The monoisotopic (exact) mass is 335 g/mol. The van der Waals surface area contributed by atoms with Gasteiger partial charge in [-0.2, -0.15) is 0 Å². The van der Waals surface area contributed by atoms with Gasteiger partial charge >= 0.3 is 0 Å². The van der Waals surface area contributed by atoms with Crippen molar-refractivity contribution in [1.82, 2.24) is 10.1 Å². The zero-order valence-electron chi connectivity index (χ0n) is 12.9. The molecule has 2 heterocycles. The number of aryl methyl sites for hydroxylation is 1. The van der Waals surface area contributed by atoms with Gasteiger partial charge in [0, 0.05) is 37.3 Å². The zero-order chi connectivity index (χ0) is 16.2. The Bertz CT molecular complexity index is 663. The third kappa shape index (κ3) is 3.96. The summed E-state index contributed by atoms with van der Waals surface area (Å²) in [6, 6.07) is 8.88. The van der Waals surface area contributed by atoms with Crippen LogP contribution in [0.1, 0.15) is 5.76 Å². The Morgan fingerprint density at radius 2 is 1.96 bits per heavy atom. The molecule has 3 rings (SSSR count). The third-order valence-corrected chi connectivity index (χ3v) is 4.00. The highest BCUT2D eigenvalue weighted by molar-refractivity contribution is 6.30. The fourth-order valence-electron chi connectivity index (χ4n) is 2.45. The summed E-state index contributed by atoms with van der Waals surface area (Å²) < 4.78 is 10.6. The number of nitrogens with zero attached hydrogens (tertiary/aromatic N) is 3. The molecular formula is C16H18ClN3O3. The van der Waals surface area contributed by atoms with E-state index in [2.05, 4.69) is 10.1 Å². The van der Waals surface area contributed by atoms with Gasteiger partial charge in [-0.1, -0.05) is 16.8 Å². The van der Waals surface area contributed by atoms with E-state index in [1.54, 1.807) is 29.2 Å². The molecule has 23 heavy (non-hydrogen) atoms. The molecule has 6 nitrogen and oxygen atoms in total. The molecule has 2 aromatic rings. The van der Waals surface area contributed by atoms with Crippen molar-refractivity contribution in [2.45, 2.75) is 6.92 Å². The van der Waals surface area contributed by atoms with Gasteiger partial charge in [0.2, 0.25) is 0 Å². The maximum atomic E-state index is 12.2. The van der Waals surface area contributed by atoms with Crippen LogP contribution in [0.15, 0.2) is 34.9 Å². The lowest BCUT2D eigenvalue weighted by atomic mass is 10.3. The summed E-state index contributed by atoms with van der Waals surface area (Å²) in [5.41, 5.74) is 0. The van der Waals surface area contributed by atoms with Gasteiger partial charge in [0.25, 0.3) is 5.91 Å². The Morgan fingerprint density at radius 3 is 2.57 bits per heavy atom. The van der Waals surface area contributed by atoms with Crippen LogP contribution in [0.25, 0.3) is 0 Å². The summed E-state index contributed by atoms with van der Waals surface area (Å²) in [4.78, 5) is 16.1. The fraction of sp³-hybridized carbons (Fsp3) is 0.375. The smallest absolute Gasteiger partial charge is 0.260 e. The minimum Gasteiger partial charge on any atom is -0.484 e. The molecule has 0 saturated carbocycles. The van der Waals surface area contributed by atoms with Crippen molar-refractivity contribution < 1.29 is 14.1 Å². The highest BCUT2D eigenvalue weighted by atomic mass is 35.5. The number of hydrogen-bond donors (Lipinski definition) is 0. The quantitative estimate of drug-likeness (QED) is 0.858. The minimum atomic E-state index is -0.0177. The fourth-order valence-corrected chi connectivity index (χ4v) is 2.58. The van der Waals surface area contributed by atoms with Gasteiger partial charge in [-0.3, -0.25) is 4.79 Å². The number of benzene rings is 1. The molecule has 1 saturated heterocycles. The van der Waals surface area contributed by atoms with E-state index < -0.39 is 0 Å². The molecule has 1 aliphatic heterocycles. The number of amides is 1. The predicted octanol–water partition coefficient (Wildman–Crippen LogP) is 2.36. The van der Waals surface area contributed by atoms with Crippen molar-refractivity contribution >= 4 is 23.3 Å². The predicted molar refractivity (Wildman–Crippen MR) is 87.0 cm³/mol. The molecule has 0 aliphatic carbocycles. The molecule has 0 N–H and O–H groups in total. The van der Waals surface area contributed by atoms with Crippen LogP contribution >= 0.6 is 11.6 Å². The van der Waals surface area contributed by atoms with Crippen molar-refractivity contribution in [3.63, 3.8) is 0 Å². The van der Waals surface area contributed by atoms with Crippen LogP contribution in [0.5, 0.6) is 5.75 Å². The lowest BCUT2D eigenvalue weighted by Crippen LogP contribution is -2.50. The Balaban J connectivity index is 1.47. The molecule has 1 amide bonds. The summed E-state index contributed by atoms with van der Waals surface area (Å²) in [7, 11) is 0. The lowest BCUT2D eigenvalue weighted by Gasteiger charge is -2.34. The average molecular weight is 336 g/mol. The molecule has 1 fully saturated rings. The molecule has 1 aliphatic rings. The van der Waals surface area contributed by atoms with Gasteiger partial charge in [-0.25, -0.2) is 0 Å². The summed E-state index contributed by atoms with van der Waals surface area (Å²) in [5, 5.41) is 4.65. The summed E-state index contributed by atoms with van der Waals surface area (Å²) >= 11 is 5.81. The summed E-state index contributed by atoms with van der Waals surface area (Å²) in [6.07, 6.45) is 0. The molecule has 122 valence electrons. The van der Waals surface area contributed by atoms with Crippen molar-refractivity contribution in [3.05, 3.63) is 41.1 Å². The standard InChI is InChI=1S/C16H18ClN3O3/c1-12-10-15(18-23-12)19-6-8-20(9-7-19)16(21)11-22-14-4-2-13(17)3-5-14/h2-5,10H,6-9,11H2,1H3. The SMILES string of the molecule is Cc1cc(N2CCN(C(=O)COc3ccc(Cl)cc3)CC2)no1. The molecule has 7 heteroatoms. The first-order chi connectivity index (χ1) is 11.1. The van der Waals surface area contributed by atoms with Gasteiger partial charge in [0.15, 0.2) is 12.4 Å². The number of carbonyl (C=O) groups is 1. The normalized spacial score (nSPS) is 14.9. The first-order valence-corrected chi connectivity index (χ1v) is 7.84. The van der Waals surface area contributed by atoms with Crippen LogP contribution in [-0.4, -0.2) is 48.7 Å². The molecular weight excluding hydrogens is 318 g/mol. The Labute approximate surface area is 139 Å². The molecule has 0 radical (unpaired) electrons. The number of aromatic nitrogens is 1. The summed E-state index contributed by atoms with van der Waals surface area (Å²) in [5.74, 6) is 2.23. The van der Waals surface area contributed by atoms with E-state index in [1.165, 1.54) is 0 Å². The van der Waals surface area contributed by atoms with Crippen molar-refractivity contribution in [2.75, 3.05) is 37.7 Å². The van der Waals surface area contributed by atoms with Crippen LogP contribution in [0.4, 0.5) is 5.82 Å². The van der Waals surface area contributed by atoms with Gasteiger partial charge in [-0.15, -0.1) is 0 Å². The van der Waals surface area contributed by atoms with Gasteiger partial charge in [0.1, 0.15) is 11.5 Å². The molecule has 1 aromatic carbocycles. The molecule has 0 bridgehead atoms. The number of ether oxygens (including phenoxy) is 1. The number of anilines is 1. The molecule has 0 spiro atoms. The van der Waals surface area contributed by atoms with E-state index >= 15 is 0 Å². The number of hydrogen-bond acceptors (Lipinski definition) is 5. The van der Waals surface area contributed by atoms with Crippen LogP contribution < -0.4 is 9.64 Å². The van der Waals surface area contributed by atoms with Crippen molar-refractivity contribution in [1.29, 1.82) is 0 Å². The topological polar surface area (TPSA) is 58.8 Å². The second-order valence-corrected chi connectivity index (χ2v) is 5.84. The second kappa shape index (κ2) is 6.91. The van der Waals surface area contributed by atoms with Gasteiger partial charge in [0.05, 0.1) is 0 Å². The lowest BCUT2D eigenvalue weighted by molar-refractivity contribution is -0.133. The largest absolute Gasteiger partial charge is 0.484 e. The first-order valence-electron chi connectivity index (χ1n) is 7.46. The Hall–Kier alpha value is -2.21. The van der Waals surface area contributed by atoms with E-state index in [0.29, 0.717) is 23.9 Å². The van der Waals surface area contributed by atoms with Crippen LogP contribution in [0.2, 0.25) is 5.02 Å². The van der Waals surface area contributed by atoms with E-state index in [9.17, 15) is 4.79 Å². The maximum absolute atomic E-state index is 12.2. The average Bonchev–Trinajstić information content (AvgIpc) is 3.01. The molecule has 0 unspecified atom stereocenters. The number of rotatable bonds is 4. The molecule has 1 aromatic heterocycles. The zero-order valence-corrected chi connectivity index (χ0v) is 13.6. The highest BCUT2D eigenvalue weighted by Gasteiger charge is 2.23. The van der Waals surface area contributed by atoms with Crippen LogP contribution in [0.3, 0.4) is 0 Å². The van der Waals surface area contributed by atoms with Crippen LogP contribution in [-0.2, 0) is 4.79 Å². The summed E-state index contributed by atoms with van der Waals surface area (Å²) in [6.45, 7) is 4.66. The van der Waals surface area contributed by atoms with E-state index in [1.807, 2.05) is 13.0 Å². The number of piperazine rings is 1. The first kappa shape index (κ1) is 15.7. The highest BCUT2D eigenvalue weighted by Crippen LogP contribution is 2.17. The minimum absolute atomic E-state index is 0.0177. The van der Waals surface area contributed by atoms with E-state index in [4.69, 9.17) is 20.9 Å². The van der Waals surface area contributed by atoms with Crippen LogP contribution in [0, 0.1) is 6.92 Å². The third-order valence-electron chi connectivity index (χ3n) is 3.75. The Morgan fingerprint density at radius 1 is 1.26 bits per heavy atom. The van der Waals surface area contributed by atoms with Gasteiger partial charge in [-0.05, 0) is 31.2 Å². The van der Waals surface area contributed by atoms with Gasteiger partial charge < -0.3 is 19.1 Å². The number of carbonyl (C=O) groups excluding carboxylic acids is 1. The van der Waals surface area contributed by atoms with E-state index in [0.717, 1.165) is 24.7 Å². The van der Waals surface area contributed by atoms with E-state index in [-0.39, 0.29) is 12.5 Å². The second-order valence-electron chi connectivity index (χ2n) is 5.41. The maximum Gasteiger partial charge on any atom is 0.260 e. The number of halogens is 1. The Kier molecular flexibility index (Phi) is 4.71.